The summed E-state index contributed by atoms with van der Waals surface area (Å²) >= 11 is 0. The van der Waals surface area contributed by atoms with Gasteiger partial charge in [-0.25, -0.2) is 0 Å². The molecule has 0 aromatic heterocycles. The summed E-state index contributed by atoms with van der Waals surface area (Å²) in [6.45, 7) is 3.21. The van der Waals surface area contributed by atoms with Crippen molar-refractivity contribution >= 4 is 31.2 Å². The van der Waals surface area contributed by atoms with E-state index in [1.54, 1.807) is 42.5 Å². The van der Waals surface area contributed by atoms with Crippen molar-refractivity contribution in [1.29, 1.82) is 0 Å². The molecule has 46 heavy (non-hydrogen) atoms. The van der Waals surface area contributed by atoms with Crippen molar-refractivity contribution in [2.45, 2.75) is 89.1 Å². The number of unbranched alkanes of at least 4 members (excludes halogenated alkanes) is 2. The van der Waals surface area contributed by atoms with Gasteiger partial charge in [0.05, 0.1) is 18.4 Å². The minimum atomic E-state index is -5.16. The van der Waals surface area contributed by atoms with E-state index < -0.39 is 61.7 Å². The largest absolute Gasteiger partial charge is 2.00 e. The van der Waals surface area contributed by atoms with E-state index in [1.165, 1.54) is 12.1 Å². The summed E-state index contributed by atoms with van der Waals surface area (Å²) in [7, 11) is -5.16. The topological polar surface area (TPSA) is 226 Å². The standard InChI is InChI=1S/C31H46N5O8P.Cu/c1-3-5-12-25(35-29(39)24(32)18-22-14-16-23(37)17-15-22)30(40)33-20-27(38)34-26(19-21-10-8-7-9-11-21)31(41)36-28(13-6-4-2)45(42,43)44;/h7-11,14-17,24-26,28,37H,3-6,12-13,18-20,32H2,1-2H3,(H,33,40)(H,34,38)(H,35,39)(H,36,41)(H2,42,43,44);/q;+2/p-2/t24-,25+,26-,28?;/m0./s1. The zero-order valence-corrected chi connectivity index (χ0v) is 27.8. The van der Waals surface area contributed by atoms with Crippen molar-refractivity contribution in [2.24, 2.45) is 5.73 Å². The van der Waals surface area contributed by atoms with Crippen LogP contribution in [0.1, 0.15) is 63.5 Å². The van der Waals surface area contributed by atoms with Crippen molar-refractivity contribution in [3.63, 3.8) is 0 Å². The molecule has 4 atom stereocenters. The first-order chi connectivity index (χ1) is 21.3. The number of hydrogen-bond donors (Lipinski definition) is 6. The Morgan fingerprint density at radius 3 is 1.96 bits per heavy atom. The molecule has 0 saturated carbocycles. The number of phenols is 1. The molecule has 4 amide bonds. The Kier molecular flexibility index (Phi) is 18.4. The number of hydrogen-bond acceptors (Lipinski definition) is 9. The Bertz CT molecular complexity index is 1300. The van der Waals surface area contributed by atoms with Gasteiger partial charge in [-0.15, -0.1) is 0 Å². The molecule has 15 heteroatoms. The molecule has 0 fully saturated rings. The van der Waals surface area contributed by atoms with Crippen LogP contribution in [-0.2, 0) is 53.7 Å². The molecule has 1 unspecified atom stereocenters. The molecule has 7 N–H and O–H groups in total. The molecule has 0 bridgehead atoms. The number of benzene rings is 2. The first-order valence-electron chi connectivity index (χ1n) is 15.1. The number of nitrogens with one attached hydrogen (secondary N) is 4. The van der Waals surface area contributed by atoms with Crippen LogP contribution in [0.3, 0.4) is 0 Å². The number of nitrogens with two attached hydrogens (primary N) is 1. The van der Waals surface area contributed by atoms with Gasteiger partial charge < -0.3 is 46.5 Å². The number of amides is 4. The van der Waals surface area contributed by atoms with Crippen LogP contribution in [0, 0.1) is 0 Å². The minimum absolute atomic E-state index is 0. The molecule has 0 aliphatic rings. The maximum atomic E-state index is 13.1. The quantitative estimate of drug-likeness (QED) is 0.0872. The van der Waals surface area contributed by atoms with Gasteiger partial charge in [0.2, 0.25) is 23.6 Å². The van der Waals surface area contributed by atoms with Gasteiger partial charge in [-0.2, -0.15) is 0 Å². The van der Waals surface area contributed by atoms with E-state index >= 15 is 0 Å². The molecule has 0 heterocycles. The van der Waals surface area contributed by atoms with Crippen molar-refractivity contribution in [1.82, 2.24) is 21.3 Å². The predicted molar refractivity (Wildman–Crippen MR) is 165 cm³/mol. The predicted octanol–water partition coefficient (Wildman–Crippen LogP) is 0.324. The fraction of sp³-hybridized carbons (Fsp3) is 0.484. The Morgan fingerprint density at radius 2 is 1.37 bits per heavy atom. The van der Waals surface area contributed by atoms with Crippen LogP contribution in [0.4, 0.5) is 0 Å². The van der Waals surface area contributed by atoms with E-state index in [9.17, 15) is 38.6 Å². The summed E-state index contributed by atoms with van der Waals surface area (Å²) in [5.41, 5.74) is 7.45. The molecule has 2 aromatic rings. The maximum absolute atomic E-state index is 13.1. The van der Waals surface area contributed by atoms with E-state index in [1.807, 2.05) is 13.8 Å². The van der Waals surface area contributed by atoms with Crippen LogP contribution in [0.2, 0.25) is 0 Å². The van der Waals surface area contributed by atoms with Gasteiger partial charge in [-0.05, 0) is 50.1 Å². The van der Waals surface area contributed by atoms with E-state index in [0.29, 0.717) is 31.2 Å². The van der Waals surface area contributed by atoms with Crippen LogP contribution in [0.15, 0.2) is 54.6 Å². The van der Waals surface area contributed by atoms with Crippen molar-refractivity contribution in [3.8, 4) is 5.75 Å². The Hall–Kier alpha value is -3.25. The molecule has 2 rings (SSSR count). The molecular weight excluding hydrogens is 665 g/mol. The van der Waals surface area contributed by atoms with E-state index in [-0.39, 0.29) is 42.1 Å². The molecule has 0 saturated heterocycles. The summed E-state index contributed by atoms with van der Waals surface area (Å²) in [6, 6.07) is 11.8. The summed E-state index contributed by atoms with van der Waals surface area (Å²) in [6.07, 6.45) is 2.79. The maximum Gasteiger partial charge on any atom is 2.00 e. The number of carbonyl (C=O) groups is 4. The van der Waals surface area contributed by atoms with E-state index in [2.05, 4.69) is 21.3 Å². The molecular formula is C31H44CuN5O8P. The van der Waals surface area contributed by atoms with Crippen LogP contribution >= 0.6 is 7.60 Å². The number of carbonyl (C=O) groups excluding carboxylic acids is 4. The second kappa shape index (κ2) is 20.8. The summed E-state index contributed by atoms with van der Waals surface area (Å²) in [5, 5.41) is 19.4. The fourth-order valence-corrected chi connectivity index (χ4v) is 5.29. The van der Waals surface area contributed by atoms with E-state index in [4.69, 9.17) is 5.73 Å². The molecule has 0 spiro atoms. The normalized spacial score (nSPS) is 13.7. The van der Waals surface area contributed by atoms with Crippen LogP contribution in [0.25, 0.3) is 0 Å². The Morgan fingerprint density at radius 1 is 0.783 bits per heavy atom. The summed E-state index contributed by atoms with van der Waals surface area (Å²) in [5.74, 6) is -4.30. The molecule has 2 aromatic carbocycles. The number of rotatable bonds is 19. The van der Waals surface area contributed by atoms with Crippen LogP contribution in [0.5, 0.6) is 5.75 Å². The molecule has 1 radical (unpaired) electrons. The second-order valence-electron chi connectivity index (χ2n) is 10.9. The SMILES string of the molecule is CCCCC(NC(=O)[C@H](Cc1ccccc1)NC(=O)CNC(=O)[C@@H](CCCC)NC(=O)[C@@H](N)Cc1ccc(O)cc1)P(=O)([O-])[O-].[Cu+2]. The van der Waals surface area contributed by atoms with Gasteiger partial charge in [0.25, 0.3) is 0 Å². The van der Waals surface area contributed by atoms with Gasteiger partial charge in [0.1, 0.15) is 17.8 Å². The Labute approximate surface area is 280 Å². The molecule has 257 valence electrons. The summed E-state index contributed by atoms with van der Waals surface area (Å²) in [4.78, 5) is 75.4. The van der Waals surface area contributed by atoms with Crippen molar-refractivity contribution < 1.29 is 55.7 Å². The minimum Gasteiger partial charge on any atom is -0.809 e. The van der Waals surface area contributed by atoms with Crippen LogP contribution in [-0.4, -0.2) is 59.2 Å². The Balaban J connectivity index is 0.0000106. The first kappa shape index (κ1) is 40.8. The van der Waals surface area contributed by atoms with E-state index in [0.717, 1.165) is 12.0 Å². The number of aromatic hydroxyl groups is 1. The third-order valence-electron chi connectivity index (χ3n) is 7.09. The number of phenolic OH excluding ortho intramolecular Hbond substituents is 1. The van der Waals surface area contributed by atoms with Gasteiger partial charge in [0.15, 0.2) is 0 Å². The van der Waals surface area contributed by atoms with Gasteiger partial charge in [0, 0.05) is 6.42 Å². The second-order valence-corrected chi connectivity index (χ2v) is 12.6. The molecule has 0 aliphatic carbocycles. The molecule has 0 aliphatic heterocycles. The fourth-order valence-electron chi connectivity index (χ4n) is 4.50. The van der Waals surface area contributed by atoms with Crippen molar-refractivity contribution in [2.75, 3.05) is 6.54 Å². The van der Waals surface area contributed by atoms with Gasteiger partial charge in [-0.1, -0.05) is 82.0 Å². The monoisotopic (exact) mass is 708 g/mol. The average Bonchev–Trinajstić information content (AvgIpc) is 3.00. The zero-order valence-electron chi connectivity index (χ0n) is 26.0. The van der Waals surface area contributed by atoms with Gasteiger partial charge >= 0.3 is 17.1 Å². The summed E-state index contributed by atoms with van der Waals surface area (Å²) < 4.78 is 11.8. The molecule has 13 nitrogen and oxygen atoms in total. The third kappa shape index (κ3) is 14.9. The smallest absolute Gasteiger partial charge is 0.809 e. The van der Waals surface area contributed by atoms with Crippen LogP contribution < -0.4 is 36.8 Å². The van der Waals surface area contributed by atoms with Gasteiger partial charge in [-0.3, -0.25) is 19.2 Å². The first-order valence-corrected chi connectivity index (χ1v) is 16.7. The third-order valence-corrected chi connectivity index (χ3v) is 8.24. The van der Waals surface area contributed by atoms with Crippen molar-refractivity contribution in [3.05, 3.63) is 65.7 Å². The average molecular weight is 709 g/mol. The zero-order chi connectivity index (χ0) is 33.4.